The largest absolute Gasteiger partial charge is 0.353 e. The van der Waals surface area contributed by atoms with Crippen molar-refractivity contribution in [2.75, 3.05) is 44.2 Å². The van der Waals surface area contributed by atoms with Crippen LogP contribution in [0.3, 0.4) is 0 Å². The van der Waals surface area contributed by atoms with Crippen molar-refractivity contribution in [2.24, 2.45) is 0 Å². The maximum absolute atomic E-state index is 14.1. The Morgan fingerprint density at radius 3 is 2.29 bits per heavy atom. The van der Waals surface area contributed by atoms with Crippen LogP contribution < -0.4 is 4.90 Å². The van der Waals surface area contributed by atoms with Gasteiger partial charge in [0, 0.05) is 62.9 Å². The zero-order chi connectivity index (χ0) is 23.8. The third-order valence-corrected chi connectivity index (χ3v) is 8.19. The van der Waals surface area contributed by atoms with Crippen LogP contribution in [-0.4, -0.2) is 75.8 Å². The van der Waals surface area contributed by atoms with Crippen molar-refractivity contribution >= 4 is 22.6 Å². The molecule has 0 unspecified atom stereocenters. The van der Waals surface area contributed by atoms with Gasteiger partial charge < -0.3 is 14.4 Å². The molecule has 1 amide bonds. The summed E-state index contributed by atoms with van der Waals surface area (Å²) in [5.74, 6) is 0.725. The fourth-order valence-corrected chi connectivity index (χ4v) is 6.18. The fourth-order valence-electron chi connectivity index (χ4n) is 6.18. The summed E-state index contributed by atoms with van der Waals surface area (Å²) in [7, 11) is 0. The van der Waals surface area contributed by atoms with Gasteiger partial charge in [-0.3, -0.25) is 9.69 Å². The molecule has 1 saturated carbocycles. The number of aromatic nitrogens is 3. The summed E-state index contributed by atoms with van der Waals surface area (Å²) in [5.41, 5.74) is 1.46. The molecule has 35 heavy (non-hydrogen) atoms. The average molecular weight is 477 g/mol. The second-order valence-electron chi connectivity index (χ2n) is 10.2. The number of hydrogen-bond donors (Lipinski definition) is 0. The summed E-state index contributed by atoms with van der Waals surface area (Å²) in [6, 6.07) is 12.1. The molecule has 2 aromatic heterocycles. The molecule has 184 valence electrons. The first-order valence-electron chi connectivity index (χ1n) is 13.0. The van der Waals surface area contributed by atoms with E-state index in [2.05, 4.69) is 30.8 Å². The van der Waals surface area contributed by atoms with Crippen LogP contribution >= 0.6 is 0 Å². The van der Waals surface area contributed by atoms with Crippen LogP contribution in [0.15, 0.2) is 42.6 Å². The molecule has 3 fully saturated rings. The van der Waals surface area contributed by atoms with E-state index >= 15 is 0 Å². The van der Waals surface area contributed by atoms with Gasteiger partial charge in [0.1, 0.15) is 5.82 Å². The Morgan fingerprint density at radius 2 is 1.57 bits per heavy atom. The van der Waals surface area contributed by atoms with Crippen LogP contribution in [0, 0.1) is 5.82 Å². The molecular weight excluding hydrogens is 443 g/mol. The van der Waals surface area contributed by atoms with Crippen molar-refractivity contribution in [1.82, 2.24) is 24.6 Å². The van der Waals surface area contributed by atoms with E-state index in [9.17, 15) is 9.18 Å². The second kappa shape index (κ2) is 9.57. The molecule has 1 aromatic carbocycles. The van der Waals surface area contributed by atoms with E-state index in [0.29, 0.717) is 17.8 Å². The minimum absolute atomic E-state index is 0.0000146. The molecule has 7 nitrogen and oxygen atoms in total. The van der Waals surface area contributed by atoms with Crippen molar-refractivity contribution in [1.29, 1.82) is 0 Å². The number of piperazine rings is 1. The highest BCUT2D eigenvalue weighted by Crippen LogP contribution is 2.34. The number of benzene rings is 1. The van der Waals surface area contributed by atoms with Gasteiger partial charge in [-0.25, -0.2) is 4.39 Å². The zero-order valence-electron chi connectivity index (χ0n) is 20.2. The minimum atomic E-state index is -0.134. The molecule has 2 aliphatic heterocycles. The number of likely N-dealkylation sites (tertiary alicyclic amines) is 1. The van der Waals surface area contributed by atoms with E-state index in [4.69, 9.17) is 0 Å². The highest BCUT2D eigenvalue weighted by Gasteiger charge is 2.30. The number of hydrogen-bond acceptors (Lipinski definition) is 5. The molecule has 0 spiro atoms. The predicted octanol–water partition coefficient (Wildman–Crippen LogP) is 4.11. The topological polar surface area (TPSA) is 57.5 Å². The number of carbonyl (C=O) groups excluding carboxylic acids is 1. The van der Waals surface area contributed by atoms with Gasteiger partial charge in [0.05, 0.1) is 5.52 Å². The third-order valence-electron chi connectivity index (χ3n) is 8.19. The number of rotatable bonds is 4. The molecule has 0 atom stereocenters. The second-order valence-corrected chi connectivity index (χ2v) is 10.2. The van der Waals surface area contributed by atoms with Crippen LogP contribution in [0.4, 0.5) is 10.2 Å². The molecule has 3 aliphatic rings. The van der Waals surface area contributed by atoms with Gasteiger partial charge in [-0.15, -0.1) is 10.2 Å². The highest BCUT2D eigenvalue weighted by atomic mass is 19.1. The average Bonchev–Trinajstić information content (AvgIpc) is 3.60. The Bertz CT molecular complexity index is 1170. The molecule has 0 N–H and O–H groups in total. The van der Waals surface area contributed by atoms with Crippen LogP contribution in [0.1, 0.15) is 55.1 Å². The molecule has 0 bridgehead atoms. The van der Waals surface area contributed by atoms with E-state index in [-0.39, 0.29) is 11.7 Å². The molecule has 1 aliphatic carbocycles. The first-order chi connectivity index (χ1) is 17.2. The Kier molecular flexibility index (Phi) is 6.14. The monoisotopic (exact) mass is 476 g/mol. The van der Waals surface area contributed by atoms with Crippen LogP contribution in [-0.2, 0) is 0 Å². The lowest BCUT2D eigenvalue weighted by Crippen LogP contribution is -2.51. The third kappa shape index (κ3) is 4.40. The smallest absolute Gasteiger partial charge is 0.274 e. The van der Waals surface area contributed by atoms with Gasteiger partial charge >= 0.3 is 0 Å². The van der Waals surface area contributed by atoms with Gasteiger partial charge in [0.2, 0.25) is 0 Å². The van der Waals surface area contributed by atoms with Crippen LogP contribution in [0.5, 0.6) is 0 Å². The molecule has 0 radical (unpaired) electrons. The van der Waals surface area contributed by atoms with Crippen molar-refractivity contribution < 1.29 is 9.18 Å². The first-order valence-corrected chi connectivity index (χ1v) is 13.0. The van der Waals surface area contributed by atoms with Gasteiger partial charge in [-0.1, -0.05) is 6.07 Å². The molecular formula is C27H33FN6O. The van der Waals surface area contributed by atoms with Gasteiger partial charge in [0.15, 0.2) is 11.5 Å². The quantitative estimate of drug-likeness (QED) is 0.567. The lowest BCUT2D eigenvalue weighted by atomic mass is 9.89. The standard InChI is InChI=1S/C27H33FN6O/c28-23-4-3-5-25-22(23)12-15-34(25)21-8-6-20(7-9-21)31-16-18-32(19-17-31)26-11-10-24(29-30-26)27(35)33-13-1-2-14-33/h3-5,10-12,15,20-21H,1-2,6-9,13-14,16-19H2. The summed E-state index contributed by atoms with van der Waals surface area (Å²) >= 11 is 0. The van der Waals surface area contributed by atoms with Gasteiger partial charge in [-0.2, -0.15) is 0 Å². The Balaban J connectivity index is 1.02. The number of anilines is 1. The lowest BCUT2D eigenvalue weighted by Gasteiger charge is -2.42. The maximum Gasteiger partial charge on any atom is 0.274 e. The number of nitrogens with zero attached hydrogens (tertiary/aromatic N) is 6. The number of amides is 1. The Labute approximate surface area is 205 Å². The molecule has 4 heterocycles. The molecule has 2 saturated heterocycles. The maximum atomic E-state index is 14.1. The SMILES string of the molecule is O=C(c1ccc(N2CCN(C3CCC(n4ccc5c(F)cccc54)CC3)CC2)nn1)N1CCCC1. The number of carbonyl (C=O) groups is 1. The molecule has 8 heteroatoms. The molecule has 3 aromatic rings. The van der Waals surface area contributed by atoms with Crippen molar-refractivity contribution in [3.63, 3.8) is 0 Å². The number of fused-ring (bicyclic) bond motifs is 1. The minimum Gasteiger partial charge on any atom is -0.353 e. The Morgan fingerprint density at radius 1 is 0.829 bits per heavy atom. The van der Waals surface area contributed by atoms with Gasteiger partial charge in [0.25, 0.3) is 5.91 Å². The van der Waals surface area contributed by atoms with Crippen molar-refractivity contribution in [2.45, 2.75) is 50.6 Å². The summed E-state index contributed by atoms with van der Waals surface area (Å²) in [5, 5.41) is 9.35. The van der Waals surface area contributed by atoms with Crippen molar-refractivity contribution in [3.05, 3.63) is 54.1 Å². The molecule has 6 rings (SSSR count). The summed E-state index contributed by atoms with van der Waals surface area (Å²) in [6.45, 7) is 5.54. The zero-order valence-corrected chi connectivity index (χ0v) is 20.2. The first kappa shape index (κ1) is 22.5. The number of halogens is 1. The highest BCUT2D eigenvalue weighted by molar-refractivity contribution is 5.92. The predicted molar refractivity (Wildman–Crippen MR) is 134 cm³/mol. The summed E-state index contributed by atoms with van der Waals surface area (Å²) < 4.78 is 16.4. The van der Waals surface area contributed by atoms with E-state index < -0.39 is 0 Å². The van der Waals surface area contributed by atoms with Crippen LogP contribution in [0.25, 0.3) is 10.9 Å². The Hall–Kier alpha value is -3.00. The van der Waals surface area contributed by atoms with E-state index in [0.717, 1.165) is 81.7 Å². The summed E-state index contributed by atoms with van der Waals surface area (Å²) in [6.07, 6.45) is 8.81. The fraction of sp³-hybridized carbons (Fsp3) is 0.519. The van der Waals surface area contributed by atoms with E-state index in [1.54, 1.807) is 0 Å². The lowest BCUT2D eigenvalue weighted by molar-refractivity contribution is 0.0786. The van der Waals surface area contributed by atoms with Gasteiger partial charge in [-0.05, 0) is 68.9 Å². The van der Waals surface area contributed by atoms with E-state index in [1.165, 1.54) is 18.9 Å². The van der Waals surface area contributed by atoms with Crippen molar-refractivity contribution in [3.8, 4) is 0 Å². The normalized spacial score (nSPS) is 23.8. The van der Waals surface area contributed by atoms with E-state index in [1.807, 2.05) is 35.2 Å². The summed E-state index contributed by atoms with van der Waals surface area (Å²) in [4.78, 5) is 19.3. The van der Waals surface area contributed by atoms with Crippen LogP contribution in [0.2, 0.25) is 0 Å².